The molecule has 0 aromatic heterocycles. The van der Waals surface area contributed by atoms with Crippen molar-refractivity contribution in [3.05, 3.63) is 64.2 Å². The molecule has 1 amide bonds. The molecule has 2 aromatic rings. The van der Waals surface area contributed by atoms with Gasteiger partial charge in [-0.1, -0.05) is 18.2 Å². The average molecular weight is 353 g/mol. The molecule has 0 aliphatic rings. The predicted molar refractivity (Wildman–Crippen MR) is 102 cm³/mol. The van der Waals surface area contributed by atoms with Crippen LogP contribution in [0, 0.1) is 20.8 Å². The Hall–Kier alpha value is -3.08. The summed E-state index contributed by atoms with van der Waals surface area (Å²) >= 11 is 0. The lowest BCUT2D eigenvalue weighted by Crippen LogP contribution is -2.20. The second kappa shape index (κ2) is 8.34. The molecule has 0 unspecified atom stereocenters. The number of carbonyl (C=O) groups is 2. The molecule has 0 saturated carbocycles. The van der Waals surface area contributed by atoms with Crippen LogP contribution >= 0.6 is 0 Å². The average Bonchev–Trinajstić information content (AvgIpc) is 2.61. The molecule has 0 radical (unpaired) electrons. The minimum absolute atomic E-state index is 0.180. The lowest BCUT2D eigenvalue weighted by Gasteiger charge is -2.10. The molecule has 0 fully saturated rings. The van der Waals surface area contributed by atoms with Gasteiger partial charge in [-0.3, -0.25) is 9.59 Å². The molecular weight excluding hydrogens is 330 g/mol. The monoisotopic (exact) mass is 353 g/mol. The largest absolute Gasteiger partial charge is 0.496 e. The van der Waals surface area contributed by atoms with Gasteiger partial charge in [-0.2, -0.15) is 0 Å². The number of primary amides is 1. The van der Waals surface area contributed by atoms with E-state index in [1.54, 1.807) is 24.3 Å². The van der Waals surface area contributed by atoms with E-state index in [2.05, 4.69) is 19.1 Å². The fraction of sp³-hybridized carbons (Fsp3) is 0.238. The molecular formula is C21H23NO4. The van der Waals surface area contributed by atoms with Gasteiger partial charge in [0, 0.05) is 6.07 Å². The third-order valence-electron chi connectivity index (χ3n) is 4.12. The number of allylic oxidation sites excluding steroid dienone is 1. The highest BCUT2D eigenvalue weighted by atomic mass is 16.5. The maximum atomic E-state index is 12.6. The van der Waals surface area contributed by atoms with E-state index in [1.807, 2.05) is 13.8 Å². The zero-order chi connectivity index (χ0) is 19.3. The summed E-state index contributed by atoms with van der Waals surface area (Å²) in [5, 5.41) is 0. The highest BCUT2D eigenvalue weighted by Crippen LogP contribution is 2.26. The highest BCUT2D eigenvalue weighted by molar-refractivity contribution is 6.08. The van der Waals surface area contributed by atoms with Crippen LogP contribution in [0.1, 0.15) is 32.6 Å². The van der Waals surface area contributed by atoms with Gasteiger partial charge in [-0.05, 0) is 61.2 Å². The van der Waals surface area contributed by atoms with Crippen molar-refractivity contribution >= 4 is 17.8 Å². The normalized spacial score (nSPS) is 10.8. The molecule has 0 spiro atoms. The molecule has 2 aromatic carbocycles. The molecule has 5 heteroatoms. The Bertz CT molecular complexity index is 869. The third-order valence-corrected chi connectivity index (χ3v) is 4.12. The van der Waals surface area contributed by atoms with Gasteiger partial charge < -0.3 is 15.2 Å². The quantitative estimate of drug-likeness (QED) is 0.611. The maximum Gasteiger partial charge on any atom is 0.255 e. The van der Waals surface area contributed by atoms with E-state index in [0.29, 0.717) is 17.1 Å². The Balaban J connectivity index is 2.23. The van der Waals surface area contributed by atoms with Crippen LogP contribution in [0.4, 0.5) is 0 Å². The lowest BCUT2D eigenvalue weighted by atomic mass is 9.99. The second-order valence-electron chi connectivity index (χ2n) is 6.11. The van der Waals surface area contributed by atoms with Gasteiger partial charge >= 0.3 is 0 Å². The van der Waals surface area contributed by atoms with Crippen LogP contribution in [0.3, 0.4) is 0 Å². The smallest absolute Gasteiger partial charge is 0.255 e. The number of hydrogen-bond acceptors (Lipinski definition) is 4. The summed E-state index contributed by atoms with van der Waals surface area (Å²) in [4.78, 5) is 23.4. The van der Waals surface area contributed by atoms with Crippen LogP contribution in [0.25, 0.3) is 6.08 Å². The molecule has 136 valence electrons. The van der Waals surface area contributed by atoms with E-state index in [-0.39, 0.29) is 12.4 Å². The Morgan fingerprint density at radius 3 is 2.38 bits per heavy atom. The maximum absolute atomic E-state index is 12.6. The van der Waals surface area contributed by atoms with E-state index in [4.69, 9.17) is 15.2 Å². The van der Waals surface area contributed by atoms with Crippen molar-refractivity contribution in [2.45, 2.75) is 20.8 Å². The first-order valence-corrected chi connectivity index (χ1v) is 8.21. The van der Waals surface area contributed by atoms with Crippen LogP contribution in [0.15, 0.2) is 36.4 Å². The number of ketones is 1. The Kier molecular flexibility index (Phi) is 6.17. The molecule has 0 aliphatic heterocycles. The van der Waals surface area contributed by atoms with E-state index in [1.165, 1.54) is 24.3 Å². The van der Waals surface area contributed by atoms with Gasteiger partial charge in [0.15, 0.2) is 12.4 Å². The van der Waals surface area contributed by atoms with Crippen molar-refractivity contribution in [1.29, 1.82) is 0 Å². The summed E-state index contributed by atoms with van der Waals surface area (Å²) in [5.41, 5.74) is 9.98. The van der Waals surface area contributed by atoms with Crippen molar-refractivity contribution < 1.29 is 19.1 Å². The zero-order valence-corrected chi connectivity index (χ0v) is 15.5. The van der Waals surface area contributed by atoms with Gasteiger partial charge in [-0.15, -0.1) is 0 Å². The number of ether oxygens (including phenoxy) is 2. The van der Waals surface area contributed by atoms with E-state index in [9.17, 15) is 9.59 Å². The number of benzene rings is 2. The minimum Gasteiger partial charge on any atom is -0.496 e. The molecule has 5 nitrogen and oxygen atoms in total. The third kappa shape index (κ3) is 4.72. The molecule has 0 bridgehead atoms. The summed E-state index contributed by atoms with van der Waals surface area (Å²) < 4.78 is 10.5. The number of amides is 1. The van der Waals surface area contributed by atoms with Crippen molar-refractivity contribution in [2.75, 3.05) is 13.7 Å². The van der Waals surface area contributed by atoms with Gasteiger partial charge in [0.2, 0.25) is 0 Å². The second-order valence-corrected chi connectivity index (χ2v) is 6.11. The highest BCUT2D eigenvalue weighted by Gasteiger charge is 2.12. The first-order chi connectivity index (χ1) is 12.3. The topological polar surface area (TPSA) is 78.6 Å². The van der Waals surface area contributed by atoms with E-state index in [0.717, 1.165) is 11.1 Å². The van der Waals surface area contributed by atoms with Gasteiger partial charge in [0.1, 0.15) is 11.5 Å². The van der Waals surface area contributed by atoms with Crippen molar-refractivity contribution in [1.82, 2.24) is 0 Å². The number of carbonyl (C=O) groups excluding carboxylic acids is 2. The standard InChI is InChI=1S/C21H23NO4/c1-13-9-15(3)16(10-14(13)2)5-8-19(23)18-7-6-17(11-20(18)25-4)26-12-21(22)24/h5-11H,12H2,1-4H3,(H2,22,24)/b8-5+. The SMILES string of the molecule is COc1cc(OCC(N)=O)ccc1C(=O)/C=C/c1cc(C)c(C)cc1C. The fourth-order valence-electron chi connectivity index (χ4n) is 2.54. The molecule has 2 rings (SSSR count). The number of rotatable bonds is 7. The molecule has 0 saturated heterocycles. The zero-order valence-electron chi connectivity index (χ0n) is 15.5. The Morgan fingerprint density at radius 1 is 1.04 bits per heavy atom. The number of aryl methyl sites for hydroxylation is 3. The van der Waals surface area contributed by atoms with Crippen LogP contribution in [0.5, 0.6) is 11.5 Å². The van der Waals surface area contributed by atoms with Crippen LogP contribution in [-0.2, 0) is 4.79 Å². The Labute approximate surface area is 153 Å². The van der Waals surface area contributed by atoms with Crippen molar-refractivity contribution in [3.8, 4) is 11.5 Å². The van der Waals surface area contributed by atoms with Crippen LogP contribution in [-0.4, -0.2) is 25.4 Å². The van der Waals surface area contributed by atoms with Crippen molar-refractivity contribution in [2.24, 2.45) is 5.73 Å². The lowest BCUT2D eigenvalue weighted by molar-refractivity contribution is -0.119. The van der Waals surface area contributed by atoms with Gasteiger partial charge in [0.05, 0.1) is 12.7 Å². The Morgan fingerprint density at radius 2 is 1.73 bits per heavy atom. The number of methoxy groups -OCH3 is 1. The molecule has 0 atom stereocenters. The van der Waals surface area contributed by atoms with E-state index >= 15 is 0 Å². The van der Waals surface area contributed by atoms with E-state index < -0.39 is 5.91 Å². The first-order valence-electron chi connectivity index (χ1n) is 8.21. The summed E-state index contributed by atoms with van der Waals surface area (Å²) in [6.45, 7) is 5.89. The van der Waals surface area contributed by atoms with Crippen LogP contribution in [0.2, 0.25) is 0 Å². The molecule has 0 heterocycles. The minimum atomic E-state index is -0.573. The number of nitrogens with two attached hydrogens (primary N) is 1. The summed E-state index contributed by atoms with van der Waals surface area (Å²) in [6.07, 6.45) is 3.33. The van der Waals surface area contributed by atoms with Gasteiger partial charge in [0.25, 0.3) is 5.91 Å². The predicted octanol–water partition coefficient (Wildman–Crippen LogP) is 3.38. The first kappa shape index (κ1) is 19.2. The summed E-state index contributed by atoms with van der Waals surface area (Å²) in [5.74, 6) is 0.0290. The molecule has 2 N–H and O–H groups in total. The fourth-order valence-corrected chi connectivity index (χ4v) is 2.54. The summed E-state index contributed by atoms with van der Waals surface area (Å²) in [7, 11) is 1.47. The summed E-state index contributed by atoms with van der Waals surface area (Å²) in [6, 6.07) is 8.94. The van der Waals surface area contributed by atoms with Gasteiger partial charge in [-0.25, -0.2) is 0 Å². The number of hydrogen-bond donors (Lipinski definition) is 1. The van der Waals surface area contributed by atoms with Crippen molar-refractivity contribution in [3.63, 3.8) is 0 Å². The molecule has 0 aliphatic carbocycles. The van der Waals surface area contributed by atoms with Crippen LogP contribution < -0.4 is 15.2 Å². The molecule has 26 heavy (non-hydrogen) atoms.